The van der Waals surface area contributed by atoms with Crippen LogP contribution in [0.4, 0.5) is 5.95 Å². The molecule has 19 heavy (non-hydrogen) atoms. The normalized spacial score (nSPS) is 21.0. The van der Waals surface area contributed by atoms with Crippen molar-refractivity contribution in [2.24, 2.45) is 0 Å². The summed E-state index contributed by atoms with van der Waals surface area (Å²) in [4.78, 5) is 14.2. The van der Waals surface area contributed by atoms with Gasteiger partial charge in [-0.1, -0.05) is 6.92 Å². The van der Waals surface area contributed by atoms with Crippen LogP contribution in [0.2, 0.25) is 0 Å². The number of aromatic nitrogens is 2. The molecule has 3 rings (SSSR count). The van der Waals surface area contributed by atoms with E-state index in [0.717, 1.165) is 58.2 Å². The Labute approximate surface area is 115 Å². The van der Waals surface area contributed by atoms with Gasteiger partial charge in [-0.05, 0) is 19.5 Å². The van der Waals surface area contributed by atoms with Crippen molar-refractivity contribution in [2.45, 2.75) is 26.3 Å². The number of rotatable bonds is 2. The Bertz CT molecular complexity index is 426. The lowest BCUT2D eigenvalue weighted by Crippen LogP contribution is -2.33. The SMILES string of the molecule is CCN1CCc2nc(N3CCCNCC3)ncc2C1. The van der Waals surface area contributed by atoms with Crippen LogP contribution in [0, 0.1) is 0 Å². The lowest BCUT2D eigenvalue weighted by molar-refractivity contribution is 0.265. The van der Waals surface area contributed by atoms with Crippen LogP contribution in [-0.4, -0.2) is 54.1 Å². The first-order valence-electron chi connectivity index (χ1n) is 7.39. The Morgan fingerprint density at radius 1 is 1.26 bits per heavy atom. The molecule has 0 radical (unpaired) electrons. The van der Waals surface area contributed by atoms with Gasteiger partial charge in [-0.25, -0.2) is 9.97 Å². The average Bonchev–Trinajstić information content (AvgIpc) is 2.75. The predicted octanol–water partition coefficient (Wildman–Crippen LogP) is 0.654. The van der Waals surface area contributed by atoms with E-state index in [-0.39, 0.29) is 0 Å². The second-order valence-electron chi connectivity index (χ2n) is 5.35. The number of anilines is 1. The summed E-state index contributed by atoms with van der Waals surface area (Å²) in [7, 11) is 0. The first kappa shape index (κ1) is 12.8. The minimum absolute atomic E-state index is 0.924. The lowest BCUT2D eigenvalue weighted by Gasteiger charge is -2.28. The molecule has 2 aliphatic heterocycles. The molecule has 2 aliphatic rings. The number of likely N-dealkylation sites (N-methyl/N-ethyl adjacent to an activating group) is 1. The molecule has 0 atom stereocenters. The van der Waals surface area contributed by atoms with E-state index in [1.54, 1.807) is 0 Å². The van der Waals surface area contributed by atoms with Crippen molar-refractivity contribution >= 4 is 5.95 Å². The molecule has 1 N–H and O–H groups in total. The summed E-state index contributed by atoms with van der Waals surface area (Å²) in [5.74, 6) is 0.924. The van der Waals surface area contributed by atoms with Gasteiger partial charge in [0.05, 0.1) is 5.69 Å². The third kappa shape index (κ3) is 2.87. The molecule has 3 heterocycles. The molecule has 1 aromatic rings. The van der Waals surface area contributed by atoms with Gasteiger partial charge < -0.3 is 10.2 Å². The molecular formula is C14H23N5. The van der Waals surface area contributed by atoms with Crippen molar-refractivity contribution in [2.75, 3.05) is 44.2 Å². The van der Waals surface area contributed by atoms with E-state index in [0.29, 0.717) is 0 Å². The summed E-state index contributed by atoms with van der Waals surface area (Å²) in [6.07, 6.45) is 4.27. The molecule has 0 saturated carbocycles. The van der Waals surface area contributed by atoms with Gasteiger partial charge >= 0.3 is 0 Å². The van der Waals surface area contributed by atoms with Crippen molar-refractivity contribution < 1.29 is 0 Å². The zero-order chi connectivity index (χ0) is 13.1. The van der Waals surface area contributed by atoms with Crippen LogP contribution in [0.15, 0.2) is 6.20 Å². The molecule has 5 nitrogen and oxygen atoms in total. The maximum atomic E-state index is 4.81. The van der Waals surface area contributed by atoms with E-state index in [9.17, 15) is 0 Å². The van der Waals surface area contributed by atoms with Gasteiger partial charge in [-0.3, -0.25) is 4.90 Å². The Morgan fingerprint density at radius 3 is 3.11 bits per heavy atom. The molecule has 1 fully saturated rings. The van der Waals surface area contributed by atoms with Gasteiger partial charge in [0.25, 0.3) is 0 Å². The Morgan fingerprint density at radius 2 is 2.21 bits per heavy atom. The summed E-state index contributed by atoms with van der Waals surface area (Å²) in [5, 5.41) is 3.42. The third-order valence-electron chi connectivity index (χ3n) is 4.07. The van der Waals surface area contributed by atoms with E-state index in [1.807, 2.05) is 6.20 Å². The summed E-state index contributed by atoms with van der Waals surface area (Å²) in [6.45, 7) is 9.67. The summed E-state index contributed by atoms with van der Waals surface area (Å²) >= 11 is 0. The largest absolute Gasteiger partial charge is 0.339 e. The summed E-state index contributed by atoms with van der Waals surface area (Å²) < 4.78 is 0. The van der Waals surface area contributed by atoms with Crippen molar-refractivity contribution in [1.29, 1.82) is 0 Å². The topological polar surface area (TPSA) is 44.3 Å². The van der Waals surface area contributed by atoms with Gasteiger partial charge in [0.2, 0.25) is 5.95 Å². The molecule has 0 aromatic carbocycles. The quantitative estimate of drug-likeness (QED) is 0.847. The summed E-state index contributed by atoms with van der Waals surface area (Å²) in [5.41, 5.74) is 2.57. The van der Waals surface area contributed by atoms with Crippen LogP contribution in [0.3, 0.4) is 0 Å². The first-order valence-corrected chi connectivity index (χ1v) is 7.39. The minimum atomic E-state index is 0.924. The second-order valence-corrected chi connectivity index (χ2v) is 5.35. The molecule has 0 aliphatic carbocycles. The highest BCUT2D eigenvalue weighted by Gasteiger charge is 2.19. The predicted molar refractivity (Wildman–Crippen MR) is 76.4 cm³/mol. The highest BCUT2D eigenvalue weighted by Crippen LogP contribution is 2.19. The fraction of sp³-hybridized carbons (Fsp3) is 0.714. The molecule has 1 saturated heterocycles. The Hall–Kier alpha value is -1.20. The number of nitrogens with one attached hydrogen (secondary N) is 1. The van der Waals surface area contributed by atoms with Crippen molar-refractivity contribution in [1.82, 2.24) is 20.2 Å². The first-order chi connectivity index (χ1) is 9.36. The standard InChI is InChI=1S/C14H23N5/c1-2-18-8-4-13-12(11-18)10-16-14(17-13)19-7-3-5-15-6-9-19/h10,15H,2-9,11H2,1H3. The average molecular weight is 261 g/mol. The fourth-order valence-electron chi connectivity index (χ4n) is 2.83. The fourth-order valence-corrected chi connectivity index (χ4v) is 2.83. The monoisotopic (exact) mass is 261 g/mol. The smallest absolute Gasteiger partial charge is 0.225 e. The molecule has 0 bridgehead atoms. The number of hydrogen-bond acceptors (Lipinski definition) is 5. The molecule has 0 spiro atoms. The molecule has 1 aromatic heterocycles. The van der Waals surface area contributed by atoms with Crippen molar-refractivity contribution in [3.05, 3.63) is 17.5 Å². The number of nitrogens with zero attached hydrogens (tertiary/aromatic N) is 4. The van der Waals surface area contributed by atoms with E-state index in [2.05, 4.69) is 27.0 Å². The van der Waals surface area contributed by atoms with Crippen molar-refractivity contribution in [3.63, 3.8) is 0 Å². The van der Waals surface area contributed by atoms with E-state index < -0.39 is 0 Å². The van der Waals surface area contributed by atoms with Crippen LogP contribution in [-0.2, 0) is 13.0 Å². The van der Waals surface area contributed by atoms with Gasteiger partial charge in [0.1, 0.15) is 0 Å². The lowest BCUT2D eigenvalue weighted by atomic mass is 10.1. The molecule has 5 heteroatoms. The molecule has 0 amide bonds. The molecular weight excluding hydrogens is 238 g/mol. The summed E-state index contributed by atoms with van der Waals surface area (Å²) in [6, 6.07) is 0. The number of hydrogen-bond donors (Lipinski definition) is 1. The van der Waals surface area contributed by atoms with Gasteiger partial charge in [-0.2, -0.15) is 0 Å². The van der Waals surface area contributed by atoms with Crippen LogP contribution < -0.4 is 10.2 Å². The van der Waals surface area contributed by atoms with Gasteiger partial charge in [-0.15, -0.1) is 0 Å². The third-order valence-corrected chi connectivity index (χ3v) is 4.07. The Balaban J connectivity index is 1.77. The van der Waals surface area contributed by atoms with Crippen LogP contribution in [0.25, 0.3) is 0 Å². The maximum absolute atomic E-state index is 4.81. The van der Waals surface area contributed by atoms with E-state index in [1.165, 1.54) is 17.7 Å². The maximum Gasteiger partial charge on any atom is 0.225 e. The molecule has 0 unspecified atom stereocenters. The zero-order valence-electron chi connectivity index (χ0n) is 11.7. The molecule has 104 valence electrons. The van der Waals surface area contributed by atoms with Crippen LogP contribution >= 0.6 is 0 Å². The highest BCUT2D eigenvalue weighted by atomic mass is 15.3. The second kappa shape index (κ2) is 5.84. The van der Waals surface area contributed by atoms with E-state index >= 15 is 0 Å². The van der Waals surface area contributed by atoms with Crippen molar-refractivity contribution in [3.8, 4) is 0 Å². The zero-order valence-corrected chi connectivity index (χ0v) is 11.7. The highest BCUT2D eigenvalue weighted by molar-refractivity contribution is 5.34. The van der Waals surface area contributed by atoms with Gasteiger partial charge in [0.15, 0.2) is 0 Å². The van der Waals surface area contributed by atoms with Crippen LogP contribution in [0.1, 0.15) is 24.6 Å². The Kier molecular flexibility index (Phi) is 3.94. The number of fused-ring (bicyclic) bond motifs is 1. The minimum Gasteiger partial charge on any atom is -0.339 e. The van der Waals surface area contributed by atoms with Gasteiger partial charge in [0, 0.05) is 50.9 Å². The van der Waals surface area contributed by atoms with E-state index in [4.69, 9.17) is 4.98 Å². The van der Waals surface area contributed by atoms with Crippen LogP contribution in [0.5, 0.6) is 0 Å².